The van der Waals surface area contributed by atoms with Gasteiger partial charge in [0.15, 0.2) is 0 Å². The Labute approximate surface area is 204 Å². The number of nitrogens with one attached hydrogen (secondary N) is 1. The van der Waals surface area contributed by atoms with Crippen LogP contribution in [0.2, 0.25) is 0 Å². The minimum Gasteiger partial charge on any atom is -0.490 e. The minimum absolute atomic E-state index is 0.459. The normalized spacial score (nSPS) is 25.9. The van der Waals surface area contributed by atoms with Crippen molar-refractivity contribution in [2.45, 2.75) is 43.9 Å². The van der Waals surface area contributed by atoms with Gasteiger partial charge < -0.3 is 35.2 Å². The van der Waals surface area contributed by atoms with Crippen LogP contribution in [0.5, 0.6) is 5.75 Å². The maximum atomic E-state index is 10.8. The number of aliphatic hydroxyl groups is 4. The second-order valence-corrected chi connectivity index (χ2v) is 9.20. The van der Waals surface area contributed by atoms with Gasteiger partial charge in [0, 0.05) is 6.54 Å². The van der Waals surface area contributed by atoms with Crippen LogP contribution >= 0.6 is 0 Å². The van der Waals surface area contributed by atoms with E-state index < -0.39 is 37.1 Å². The van der Waals surface area contributed by atoms with Crippen LogP contribution in [0.1, 0.15) is 28.4 Å². The predicted octanol–water partition coefficient (Wildman–Crippen LogP) is 2.57. The Kier molecular flexibility index (Phi) is 6.77. The van der Waals surface area contributed by atoms with Gasteiger partial charge in [-0.2, -0.15) is 0 Å². The van der Waals surface area contributed by atoms with Crippen molar-refractivity contribution in [1.29, 1.82) is 0 Å². The first-order chi connectivity index (χ1) is 17.0. The number of benzene rings is 3. The van der Waals surface area contributed by atoms with Gasteiger partial charge in [0.1, 0.15) is 42.9 Å². The van der Waals surface area contributed by atoms with Gasteiger partial charge in [0.2, 0.25) is 0 Å². The van der Waals surface area contributed by atoms with E-state index in [0.717, 1.165) is 51.4 Å². The van der Waals surface area contributed by atoms with E-state index in [1.54, 1.807) is 0 Å². The van der Waals surface area contributed by atoms with E-state index in [-0.39, 0.29) is 0 Å². The fourth-order valence-corrected chi connectivity index (χ4v) is 5.06. The lowest BCUT2D eigenvalue weighted by atomic mass is 9.84. The molecule has 0 amide bonds. The smallest absolute Gasteiger partial charge is 0.142 e. The number of fused-ring (bicyclic) bond motifs is 1. The summed E-state index contributed by atoms with van der Waals surface area (Å²) in [5.74, 6) is 0.843. The summed E-state index contributed by atoms with van der Waals surface area (Å²) in [6, 6.07) is 20.2. The SMILES string of the molecule is Cc1c([C@@H]2O[C@H](CO)[C@@H](O)[C@H](O)[C@H]2O)ccc(-c2ccccc2)c1Cc1ccc2c(c1)NCCO2. The molecule has 5 atom stereocenters. The van der Waals surface area contributed by atoms with E-state index in [0.29, 0.717) is 13.0 Å². The lowest BCUT2D eigenvalue weighted by Gasteiger charge is -2.41. The van der Waals surface area contributed by atoms with Crippen LogP contribution in [0.3, 0.4) is 0 Å². The van der Waals surface area contributed by atoms with Crippen molar-refractivity contribution < 1.29 is 29.9 Å². The standard InChI is InChI=1S/C28H31NO6/c1-16-19(28-27(33)26(32)25(31)24(15-30)35-28)8-9-20(18-5-3-2-4-6-18)21(16)13-17-7-10-23-22(14-17)29-11-12-34-23/h2-10,14,24-33H,11-13,15H2,1H3/t24-,25-,26+,27-,28+/m1/s1. The Morgan fingerprint density at radius 1 is 0.943 bits per heavy atom. The Bertz CT molecular complexity index is 1180. The second kappa shape index (κ2) is 9.97. The quantitative estimate of drug-likeness (QED) is 0.384. The molecule has 2 aliphatic heterocycles. The highest BCUT2D eigenvalue weighted by atomic mass is 16.5. The maximum absolute atomic E-state index is 10.8. The molecule has 7 nitrogen and oxygen atoms in total. The summed E-state index contributed by atoms with van der Waals surface area (Å²) in [6.07, 6.45) is -5.34. The summed E-state index contributed by atoms with van der Waals surface area (Å²) in [6.45, 7) is 2.93. The topological polar surface area (TPSA) is 111 Å². The zero-order valence-electron chi connectivity index (χ0n) is 19.6. The molecule has 5 rings (SSSR count). The summed E-state index contributed by atoms with van der Waals surface area (Å²) < 4.78 is 11.6. The molecule has 184 valence electrons. The summed E-state index contributed by atoms with van der Waals surface area (Å²) in [5.41, 5.74) is 6.94. The summed E-state index contributed by atoms with van der Waals surface area (Å²) in [7, 11) is 0. The molecule has 2 aliphatic rings. The average molecular weight is 478 g/mol. The fraction of sp³-hybridized carbons (Fsp3) is 0.357. The molecule has 2 heterocycles. The molecule has 7 heteroatoms. The fourth-order valence-electron chi connectivity index (χ4n) is 5.06. The Morgan fingerprint density at radius 2 is 1.74 bits per heavy atom. The van der Waals surface area contributed by atoms with E-state index >= 15 is 0 Å². The van der Waals surface area contributed by atoms with E-state index in [9.17, 15) is 20.4 Å². The van der Waals surface area contributed by atoms with Gasteiger partial charge >= 0.3 is 0 Å². The Hall–Kier alpha value is -2.94. The molecule has 0 aromatic heterocycles. The molecular weight excluding hydrogens is 446 g/mol. The third-order valence-electron chi connectivity index (χ3n) is 7.02. The number of rotatable bonds is 5. The lowest BCUT2D eigenvalue weighted by molar-refractivity contribution is -0.231. The first-order valence-corrected chi connectivity index (χ1v) is 12.0. The van der Waals surface area contributed by atoms with Crippen molar-refractivity contribution >= 4 is 5.69 Å². The molecule has 0 radical (unpaired) electrons. The highest BCUT2D eigenvalue weighted by Crippen LogP contribution is 2.39. The van der Waals surface area contributed by atoms with E-state index in [1.807, 2.05) is 43.3 Å². The van der Waals surface area contributed by atoms with Gasteiger partial charge in [-0.05, 0) is 58.9 Å². The minimum atomic E-state index is -1.42. The number of aliphatic hydroxyl groups excluding tert-OH is 4. The van der Waals surface area contributed by atoms with E-state index in [4.69, 9.17) is 9.47 Å². The third kappa shape index (κ3) is 4.53. The maximum Gasteiger partial charge on any atom is 0.142 e. The molecule has 0 aliphatic carbocycles. The van der Waals surface area contributed by atoms with Gasteiger partial charge in [-0.15, -0.1) is 0 Å². The van der Waals surface area contributed by atoms with Gasteiger partial charge in [0.05, 0.1) is 12.3 Å². The lowest BCUT2D eigenvalue weighted by Crippen LogP contribution is -2.55. The zero-order chi connectivity index (χ0) is 24.5. The monoisotopic (exact) mass is 477 g/mol. The molecule has 5 N–H and O–H groups in total. The molecular formula is C28H31NO6. The number of anilines is 1. The number of hydrogen-bond donors (Lipinski definition) is 5. The van der Waals surface area contributed by atoms with Gasteiger partial charge in [-0.1, -0.05) is 48.5 Å². The van der Waals surface area contributed by atoms with Crippen LogP contribution in [0, 0.1) is 6.92 Å². The predicted molar refractivity (Wildman–Crippen MR) is 133 cm³/mol. The molecule has 1 fully saturated rings. The molecule has 3 aromatic carbocycles. The molecule has 1 saturated heterocycles. The number of hydrogen-bond acceptors (Lipinski definition) is 7. The van der Waals surface area contributed by atoms with E-state index in [1.165, 1.54) is 0 Å². The summed E-state index contributed by atoms with van der Waals surface area (Å²) >= 11 is 0. The highest BCUT2D eigenvalue weighted by molar-refractivity contribution is 5.71. The van der Waals surface area contributed by atoms with Crippen molar-refractivity contribution in [3.8, 4) is 16.9 Å². The van der Waals surface area contributed by atoms with Crippen LogP contribution in [0.4, 0.5) is 5.69 Å². The Balaban J connectivity index is 1.58. The van der Waals surface area contributed by atoms with Crippen molar-refractivity contribution in [3.63, 3.8) is 0 Å². The average Bonchev–Trinajstić information content (AvgIpc) is 2.89. The molecule has 0 bridgehead atoms. The molecule has 0 saturated carbocycles. The molecule has 0 unspecified atom stereocenters. The van der Waals surface area contributed by atoms with Crippen molar-refractivity contribution in [3.05, 3.63) is 82.9 Å². The molecule has 3 aromatic rings. The van der Waals surface area contributed by atoms with Crippen LogP contribution in [0.25, 0.3) is 11.1 Å². The summed E-state index contributed by atoms with van der Waals surface area (Å²) in [4.78, 5) is 0. The van der Waals surface area contributed by atoms with Crippen molar-refractivity contribution in [2.75, 3.05) is 25.1 Å². The highest BCUT2D eigenvalue weighted by Gasteiger charge is 2.44. The van der Waals surface area contributed by atoms with Crippen LogP contribution in [-0.2, 0) is 11.2 Å². The molecule has 0 spiro atoms. The van der Waals surface area contributed by atoms with Crippen LogP contribution < -0.4 is 10.1 Å². The third-order valence-corrected chi connectivity index (χ3v) is 7.02. The first kappa shape index (κ1) is 23.8. The van der Waals surface area contributed by atoms with Crippen LogP contribution in [-0.4, -0.2) is 64.6 Å². The first-order valence-electron chi connectivity index (χ1n) is 12.0. The van der Waals surface area contributed by atoms with Gasteiger partial charge in [-0.25, -0.2) is 0 Å². The van der Waals surface area contributed by atoms with E-state index in [2.05, 4.69) is 29.6 Å². The van der Waals surface area contributed by atoms with Crippen molar-refractivity contribution in [2.24, 2.45) is 0 Å². The second-order valence-electron chi connectivity index (χ2n) is 9.20. The van der Waals surface area contributed by atoms with Crippen molar-refractivity contribution in [1.82, 2.24) is 0 Å². The van der Waals surface area contributed by atoms with Gasteiger partial charge in [0.25, 0.3) is 0 Å². The Morgan fingerprint density at radius 3 is 2.51 bits per heavy atom. The largest absolute Gasteiger partial charge is 0.490 e. The zero-order valence-corrected chi connectivity index (χ0v) is 19.6. The number of ether oxygens (including phenoxy) is 2. The summed E-state index contributed by atoms with van der Waals surface area (Å²) in [5, 5.41) is 44.4. The molecule has 35 heavy (non-hydrogen) atoms. The van der Waals surface area contributed by atoms with Crippen LogP contribution in [0.15, 0.2) is 60.7 Å². The van der Waals surface area contributed by atoms with Gasteiger partial charge in [-0.3, -0.25) is 0 Å².